The zero-order valence-electron chi connectivity index (χ0n) is 11.2. The summed E-state index contributed by atoms with van der Waals surface area (Å²) in [6, 6.07) is 7.55. The Hall–Kier alpha value is -1.48. The van der Waals surface area contributed by atoms with Crippen LogP contribution >= 0.6 is 0 Å². The van der Waals surface area contributed by atoms with Crippen LogP contribution in [0.4, 0.5) is 4.79 Å². The average Bonchev–Trinajstić information content (AvgIpc) is 2.46. The molecular formula is C14H19AsN2O3. The monoisotopic (exact) mass is 338 g/mol. The van der Waals surface area contributed by atoms with E-state index in [4.69, 9.17) is 5.11 Å². The number of amides is 2. The van der Waals surface area contributed by atoms with Crippen molar-refractivity contribution in [2.45, 2.75) is 12.8 Å². The molecule has 1 unspecified atom stereocenters. The van der Waals surface area contributed by atoms with Crippen LogP contribution in [-0.4, -0.2) is 58.5 Å². The summed E-state index contributed by atoms with van der Waals surface area (Å²) in [5.74, 6) is 0.307. The van der Waals surface area contributed by atoms with Crippen molar-refractivity contribution in [1.82, 2.24) is 10.2 Å². The van der Waals surface area contributed by atoms with E-state index in [2.05, 4.69) is 5.32 Å². The number of hydrogen-bond acceptors (Lipinski definition) is 2. The van der Waals surface area contributed by atoms with Crippen LogP contribution < -0.4 is 9.67 Å². The van der Waals surface area contributed by atoms with Crippen LogP contribution in [0, 0.1) is 5.92 Å². The Labute approximate surface area is 126 Å². The Balaban J connectivity index is 1.77. The van der Waals surface area contributed by atoms with Crippen LogP contribution in [0.1, 0.15) is 23.2 Å². The van der Waals surface area contributed by atoms with Crippen LogP contribution in [0.15, 0.2) is 24.3 Å². The first kappa shape index (κ1) is 14.9. The van der Waals surface area contributed by atoms with Gasteiger partial charge in [0.1, 0.15) is 0 Å². The molecule has 1 aliphatic rings. The molecule has 6 heteroatoms. The van der Waals surface area contributed by atoms with Gasteiger partial charge in [0.15, 0.2) is 0 Å². The van der Waals surface area contributed by atoms with E-state index in [-0.39, 0.29) is 5.91 Å². The van der Waals surface area contributed by atoms with E-state index in [1.54, 1.807) is 0 Å². The number of hydrogen-bond donors (Lipinski definition) is 2. The first-order valence-electron chi connectivity index (χ1n) is 6.68. The van der Waals surface area contributed by atoms with E-state index in [0.29, 0.717) is 31.1 Å². The molecule has 0 radical (unpaired) electrons. The number of rotatable bonds is 3. The number of piperidine rings is 1. The Morgan fingerprint density at radius 3 is 2.40 bits per heavy atom. The molecule has 2 rings (SSSR count). The summed E-state index contributed by atoms with van der Waals surface area (Å²) < 4.78 is 1.19. The van der Waals surface area contributed by atoms with Crippen molar-refractivity contribution >= 4 is 33.2 Å². The predicted molar refractivity (Wildman–Crippen MR) is 79.3 cm³/mol. The number of carboxylic acid groups (broad SMARTS) is 1. The molecule has 2 N–H and O–H groups in total. The van der Waals surface area contributed by atoms with Gasteiger partial charge in [0.05, 0.1) is 0 Å². The second-order valence-electron chi connectivity index (χ2n) is 5.05. The summed E-state index contributed by atoms with van der Waals surface area (Å²) in [5, 5.41) is 11.8. The summed E-state index contributed by atoms with van der Waals surface area (Å²) in [5.41, 5.74) is 0.675. The van der Waals surface area contributed by atoms with Crippen LogP contribution in [0.25, 0.3) is 0 Å². The van der Waals surface area contributed by atoms with E-state index in [9.17, 15) is 9.59 Å². The topological polar surface area (TPSA) is 69.6 Å². The normalized spacial score (nSPS) is 15.9. The molecule has 20 heavy (non-hydrogen) atoms. The summed E-state index contributed by atoms with van der Waals surface area (Å²) >= 11 is 1.54. The van der Waals surface area contributed by atoms with Gasteiger partial charge >= 0.3 is 116 Å². The second-order valence-corrected chi connectivity index (χ2v) is 6.44. The number of nitrogens with zero attached hydrogens (tertiary/aromatic N) is 1. The molecule has 1 atom stereocenters. The van der Waals surface area contributed by atoms with Crippen LogP contribution in [0.3, 0.4) is 0 Å². The average molecular weight is 338 g/mol. The molecule has 1 aliphatic heterocycles. The van der Waals surface area contributed by atoms with Gasteiger partial charge in [-0.2, -0.15) is 0 Å². The fraction of sp³-hybridized carbons (Fsp3) is 0.429. The van der Waals surface area contributed by atoms with Crippen LogP contribution in [-0.2, 0) is 0 Å². The quantitative estimate of drug-likeness (QED) is 0.766. The minimum atomic E-state index is -0.853. The fourth-order valence-corrected chi connectivity index (χ4v) is 2.71. The third-order valence-electron chi connectivity index (χ3n) is 3.61. The molecule has 0 bridgehead atoms. The molecule has 0 aliphatic carbocycles. The van der Waals surface area contributed by atoms with Gasteiger partial charge in [-0.3, -0.25) is 0 Å². The van der Waals surface area contributed by atoms with Crippen molar-refractivity contribution in [2.24, 2.45) is 5.92 Å². The first-order valence-corrected chi connectivity index (χ1v) is 7.89. The van der Waals surface area contributed by atoms with Crippen molar-refractivity contribution in [3.8, 4) is 0 Å². The van der Waals surface area contributed by atoms with Gasteiger partial charge in [-0.05, 0) is 0 Å². The first-order chi connectivity index (χ1) is 9.56. The van der Waals surface area contributed by atoms with Gasteiger partial charge in [0.25, 0.3) is 0 Å². The van der Waals surface area contributed by atoms with E-state index in [1.807, 2.05) is 24.3 Å². The summed E-state index contributed by atoms with van der Waals surface area (Å²) in [6.45, 7) is 1.73. The molecule has 1 saturated heterocycles. The van der Waals surface area contributed by atoms with Gasteiger partial charge in [-0.25, -0.2) is 4.79 Å². The van der Waals surface area contributed by atoms with Crippen LogP contribution in [0.5, 0.6) is 0 Å². The molecule has 1 fully saturated rings. The zero-order valence-corrected chi connectivity index (χ0v) is 13.6. The van der Waals surface area contributed by atoms with E-state index < -0.39 is 6.09 Å². The van der Waals surface area contributed by atoms with E-state index in [1.165, 1.54) is 26.1 Å². The standard InChI is InChI=1S/C14H19AsN2O3/c15-12-3-1-11(2-4-12)13(18)16-9-10-5-7-17(8-6-10)14(19)20/h1-4,10H,5-9,15H2,(H,16,18)(H,19,20). The van der Waals surface area contributed by atoms with Crippen molar-refractivity contribution in [1.29, 1.82) is 0 Å². The fourth-order valence-electron chi connectivity index (χ4n) is 2.30. The molecule has 108 valence electrons. The number of nitrogens with one attached hydrogen (secondary N) is 1. The van der Waals surface area contributed by atoms with Gasteiger partial charge in [0.2, 0.25) is 0 Å². The Morgan fingerprint density at radius 1 is 1.25 bits per heavy atom. The zero-order chi connectivity index (χ0) is 14.5. The summed E-state index contributed by atoms with van der Waals surface area (Å²) in [4.78, 5) is 24.2. The molecular weight excluding hydrogens is 319 g/mol. The minimum absolute atomic E-state index is 0.0573. The molecule has 1 aromatic rings. The van der Waals surface area contributed by atoms with Crippen LogP contribution in [0.2, 0.25) is 0 Å². The third kappa shape index (κ3) is 4.00. The maximum absolute atomic E-state index is 12.0. The molecule has 0 spiro atoms. The number of carbonyl (C=O) groups is 2. The summed E-state index contributed by atoms with van der Waals surface area (Å²) in [7, 11) is 0. The number of benzene rings is 1. The molecule has 0 saturated carbocycles. The van der Waals surface area contributed by atoms with Gasteiger partial charge in [-0.1, -0.05) is 0 Å². The van der Waals surface area contributed by atoms with Gasteiger partial charge in [-0.15, -0.1) is 0 Å². The molecule has 1 heterocycles. The van der Waals surface area contributed by atoms with E-state index >= 15 is 0 Å². The van der Waals surface area contributed by atoms with E-state index in [0.717, 1.165) is 12.8 Å². The van der Waals surface area contributed by atoms with Crippen molar-refractivity contribution < 1.29 is 14.7 Å². The molecule has 0 aromatic heterocycles. The maximum atomic E-state index is 12.0. The predicted octanol–water partition coefficient (Wildman–Crippen LogP) is 0.0648. The molecule has 1 aromatic carbocycles. The Morgan fingerprint density at radius 2 is 1.85 bits per heavy atom. The summed E-state index contributed by atoms with van der Waals surface area (Å²) in [6.07, 6.45) is 0.764. The SMILES string of the molecule is O=C(NCC1CCN(C(=O)O)CC1)c1ccc([AsH2])cc1. The van der Waals surface area contributed by atoms with Gasteiger partial charge < -0.3 is 5.11 Å². The number of carbonyl (C=O) groups excluding carboxylic acids is 1. The third-order valence-corrected chi connectivity index (χ3v) is 4.42. The van der Waals surface area contributed by atoms with Crippen molar-refractivity contribution in [2.75, 3.05) is 19.6 Å². The molecule has 5 nitrogen and oxygen atoms in total. The van der Waals surface area contributed by atoms with Gasteiger partial charge in [0, 0.05) is 0 Å². The van der Waals surface area contributed by atoms with Crippen molar-refractivity contribution in [3.05, 3.63) is 29.8 Å². The number of likely N-dealkylation sites (tertiary alicyclic amines) is 1. The Bertz CT molecular complexity index is 482. The Kier molecular flexibility index (Phi) is 5.07. The molecule has 2 amide bonds. The van der Waals surface area contributed by atoms with Crippen molar-refractivity contribution in [3.63, 3.8) is 0 Å². The second kappa shape index (κ2) is 6.80.